The zero-order valence-corrected chi connectivity index (χ0v) is 19.5. The SMILES string of the molecule is O=C(NCC1C(F)(F)C12CCCC2)C1CCC(n2cc(CC3(C(=O)O)CC=CCC3)nn2)CC1. The summed E-state index contributed by atoms with van der Waals surface area (Å²) in [4.78, 5) is 24.6. The number of rotatable bonds is 7. The van der Waals surface area contributed by atoms with Gasteiger partial charge in [-0.2, -0.15) is 0 Å². The average molecular weight is 477 g/mol. The average Bonchev–Trinajstić information content (AvgIpc) is 3.31. The number of nitrogens with zero attached hydrogens (tertiary/aromatic N) is 3. The van der Waals surface area contributed by atoms with Gasteiger partial charge < -0.3 is 10.4 Å². The van der Waals surface area contributed by atoms with Crippen molar-refractivity contribution in [3.63, 3.8) is 0 Å². The van der Waals surface area contributed by atoms with Crippen molar-refractivity contribution in [2.45, 2.75) is 89.0 Å². The van der Waals surface area contributed by atoms with Gasteiger partial charge >= 0.3 is 5.97 Å². The maximum Gasteiger partial charge on any atom is 0.310 e. The van der Waals surface area contributed by atoms with Gasteiger partial charge in [0.15, 0.2) is 0 Å². The van der Waals surface area contributed by atoms with Gasteiger partial charge in [-0.1, -0.05) is 30.2 Å². The Labute approximate surface area is 198 Å². The molecular weight excluding hydrogens is 442 g/mol. The number of aliphatic carboxylic acids is 1. The number of allylic oxidation sites excluding steroid dienone is 2. The molecule has 0 aliphatic heterocycles. The molecule has 0 saturated heterocycles. The van der Waals surface area contributed by atoms with Crippen LogP contribution in [0.3, 0.4) is 0 Å². The molecule has 2 atom stereocenters. The summed E-state index contributed by atoms with van der Waals surface area (Å²) in [5.74, 6) is -4.39. The minimum Gasteiger partial charge on any atom is -0.481 e. The Balaban J connectivity index is 1.11. The van der Waals surface area contributed by atoms with Crippen LogP contribution in [0.4, 0.5) is 8.78 Å². The molecule has 34 heavy (non-hydrogen) atoms. The highest BCUT2D eigenvalue weighted by molar-refractivity contribution is 5.78. The third-order valence-electron chi connectivity index (χ3n) is 9.10. The lowest BCUT2D eigenvalue weighted by molar-refractivity contribution is -0.149. The number of hydrogen-bond acceptors (Lipinski definition) is 4. The maximum absolute atomic E-state index is 14.3. The molecule has 4 aliphatic carbocycles. The minimum absolute atomic E-state index is 0.0821. The Bertz CT molecular complexity index is 963. The van der Waals surface area contributed by atoms with Gasteiger partial charge in [-0.3, -0.25) is 9.59 Å². The number of carbonyl (C=O) groups excluding carboxylic acids is 1. The first-order chi connectivity index (χ1) is 16.3. The fourth-order valence-electron chi connectivity index (χ4n) is 6.79. The van der Waals surface area contributed by atoms with E-state index in [4.69, 9.17) is 0 Å². The highest BCUT2D eigenvalue weighted by Gasteiger charge is 2.79. The lowest BCUT2D eigenvalue weighted by atomic mass is 9.74. The summed E-state index contributed by atoms with van der Waals surface area (Å²) in [7, 11) is 0. The molecule has 2 unspecified atom stereocenters. The van der Waals surface area contributed by atoms with Crippen LogP contribution in [0, 0.1) is 22.7 Å². The van der Waals surface area contributed by atoms with Crippen LogP contribution in [0.5, 0.6) is 0 Å². The summed E-state index contributed by atoms with van der Waals surface area (Å²) >= 11 is 0. The van der Waals surface area contributed by atoms with Crippen LogP contribution >= 0.6 is 0 Å². The van der Waals surface area contributed by atoms with E-state index in [0.717, 1.165) is 32.1 Å². The van der Waals surface area contributed by atoms with Gasteiger partial charge in [-0.15, -0.1) is 5.10 Å². The molecule has 2 N–H and O–H groups in total. The molecule has 4 aliphatic rings. The van der Waals surface area contributed by atoms with E-state index in [9.17, 15) is 23.5 Å². The van der Waals surface area contributed by atoms with E-state index >= 15 is 0 Å². The lowest BCUT2D eigenvalue weighted by Gasteiger charge is -2.29. The normalized spacial score (nSPS) is 33.6. The van der Waals surface area contributed by atoms with Gasteiger partial charge in [0.1, 0.15) is 0 Å². The first-order valence-corrected chi connectivity index (χ1v) is 12.7. The van der Waals surface area contributed by atoms with E-state index in [2.05, 4.69) is 15.6 Å². The quantitative estimate of drug-likeness (QED) is 0.572. The fraction of sp³-hybridized carbons (Fsp3) is 0.760. The fourth-order valence-corrected chi connectivity index (χ4v) is 6.79. The summed E-state index contributed by atoms with van der Waals surface area (Å²) in [5, 5.41) is 21.1. The van der Waals surface area contributed by atoms with Crippen molar-refractivity contribution < 1.29 is 23.5 Å². The molecule has 3 saturated carbocycles. The number of amides is 1. The zero-order valence-electron chi connectivity index (χ0n) is 19.5. The Hall–Kier alpha value is -2.32. The molecule has 3 fully saturated rings. The second-order valence-corrected chi connectivity index (χ2v) is 11.0. The van der Waals surface area contributed by atoms with E-state index in [0.29, 0.717) is 50.6 Å². The molecule has 1 aromatic heterocycles. The first-order valence-electron chi connectivity index (χ1n) is 12.7. The molecule has 7 nitrogen and oxygen atoms in total. The van der Waals surface area contributed by atoms with Crippen LogP contribution in [-0.4, -0.2) is 44.4 Å². The molecule has 1 spiro atoms. The van der Waals surface area contributed by atoms with Crippen LogP contribution in [0.2, 0.25) is 0 Å². The van der Waals surface area contributed by atoms with E-state index in [1.807, 2.05) is 23.0 Å². The molecule has 9 heteroatoms. The lowest BCUT2D eigenvalue weighted by Crippen LogP contribution is -2.35. The number of carbonyl (C=O) groups is 2. The van der Waals surface area contributed by atoms with Crippen LogP contribution in [0.15, 0.2) is 18.3 Å². The van der Waals surface area contributed by atoms with Crippen molar-refractivity contribution in [2.24, 2.45) is 22.7 Å². The van der Waals surface area contributed by atoms with Gasteiger partial charge in [-0.05, 0) is 57.8 Å². The summed E-state index contributed by atoms with van der Waals surface area (Å²) in [6, 6.07) is 0.117. The van der Waals surface area contributed by atoms with E-state index in [1.54, 1.807) is 0 Å². The third kappa shape index (κ3) is 3.94. The van der Waals surface area contributed by atoms with E-state index < -0.39 is 28.6 Å². The first kappa shape index (κ1) is 23.4. The molecule has 0 radical (unpaired) electrons. The Morgan fingerprint density at radius 3 is 2.50 bits per heavy atom. The molecular formula is C25H34F2N4O3. The van der Waals surface area contributed by atoms with Crippen molar-refractivity contribution >= 4 is 11.9 Å². The highest BCUT2D eigenvalue weighted by Crippen LogP contribution is 2.72. The molecule has 186 valence electrons. The Kier molecular flexibility index (Phi) is 6.01. The predicted molar refractivity (Wildman–Crippen MR) is 120 cm³/mol. The standard InChI is InChI=1S/C25H34F2N4O3/c26-25(27)20(24(25)12-4-5-13-24)15-28-21(32)17-6-8-19(9-7-17)31-16-18(29-30-31)14-23(22(33)34)10-2-1-3-11-23/h1-2,16-17,19-20H,3-15H2,(H,28,32)(H,33,34). The summed E-state index contributed by atoms with van der Waals surface area (Å²) in [6.07, 6.45) is 13.8. The smallest absolute Gasteiger partial charge is 0.310 e. The number of hydrogen-bond donors (Lipinski definition) is 2. The van der Waals surface area contributed by atoms with Crippen molar-refractivity contribution in [3.05, 3.63) is 24.0 Å². The van der Waals surface area contributed by atoms with Crippen molar-refractivity contribution in [1.82, 2.24) is 20.3 Å². The number of carboxylic acids is 1. The van der Waals surface area contributed by atoms with Crippen LogP contribution < -0.4 is 5.32 Å². The Morgan fingerprint density at radius 2 is 1.85 bits per heavy atom. The van der Waals surface area contributed by atoms with Gasteiger partial charge in [0, 0.05) is 30.5 Å². The van der Waals surface area contributed by atoms with Gasteiger partial charge in [-0.25, -0.2) is 13.5 Å². The minimum atomic E-state index is -2.63. The Morgan fingerprint density at radius 1 is 1.12 bits per heavy atom. The number of carboxylic acid groups (broad SMARTS) is 1. The second-order valence-electron chi connectivity index (χ2n) is 11.0. The predicted octanol–water partition coefficient (Wildman–Crippen LogP) is 4.30. The molecule has 1 heterocycles. The maximum atomic E-state index is 14.3. The molecule has 1 aromatic rings. The van der Waals surface area contributed by atoms with Crippen molar-refractivity contribution in [1.29, 1.82) is 0 Å². The number of aromatic nitrogens is 3. The van der Waals surface area contributed by atoms with Gasteiger partial charge in [0.25, 0.3) is 5.92 Å². The van der Waals surface area contributed by atoms with E-state index in [1.165, 1.54) is 0 Å². The van der Waals surface area contributed by atoms with Crippen LogP contribution in [0.1, 0.15) is 82.4 Å². The van der Waals surface area contributed by atoms with Crippen LogP contribution in [0.25, 0.3) is 0 Å². The largest absolute Gasteiger partial charge is 0.481 e. The number of alkyl halides is 2. The number of halogens is 2. The monoisotopic (exact) mass is 476 g/mol. The highest BCUT2D eigenvalue weighted by atomic mass is 19.3. The summed E-state index contributed by atoms with van der Waals surface area (Å²) in [5.41, 5.74) is -0.986. The third-order valence-corrected chi connectivity index (χ3v) is 9.10. The van der Waals surface area contributed by atoms with Crippen molar-refractivity contribution in [3.8, 4) is 0 Å². The number of nitrogens with one attached hydrogen (secondary N) is 1. The van der Waals surface area contributed by atoms with E-state index in [-0.39, 0.29) is 24.4 Å². The summed E-state index contributed by atoms with van der Waals surface area (Å²) < 4.78 is 30.4. The molecule has 1 amide bonds. The van der Waals surface area contributed by atoms with Crippen molar-refractivity contribution in [2.75, 3.05) is 6.54 Å². The van der Waals surface area contributed by atoms with Gasteiger partial charge in [0.05, 0.1) is 23.1 Å². The van der Waals surface area contributed by atoms with Crippen LogP contribution in [-0.2, 0) is 16.0 Å². The zero-order chi connectivity index (χ0) is 24.0. The molecule has 5 rings (SSSR count). The molecule has 0 aromatic carbocycles. The second kappa shape index (κ2) is 8.72. The summed E-state index contributed by atoms with van der Waals surface area (Å²) in [6.45, 7) is 0.0821. The topological polar surface area (TPSA) is 97.1 Å². The molecule has 0 bridgehead atoms. The van der Waals surface area contributed by atoms with Gasteiger partial charge in [0.2, 0.25) is 5.91 Å².